The molecule has 1 N–H and O–H groups in total. The van der Waals surface area contributed by atoms with Gasteiger partial charge in [-0.15, -0.1) is 0 Å². The van der Waals surface area contributed by atoms with Crippen molar-refractivity contribution in [1.29, 1.82) is 0 Å². The van der Waals surface area contributed by atoms with Gasteiger partial charge in [-0.05, 0) is 31.2 Å². The second-order valence-corrected chi connectivity index (χ2v) is 4.74. The summed E-state index contributed by atoms with van der Waals surface area (Å²) in [6.07, 6.45) is 6.14. The average molecular weight is 271 g/mol. The van der Waals surface area contributed by atoms with Crippen LogP contribution in [-0.2, 0) is 0 Å². The van der Waals surface area contributed by atoms with Crippen molar-refractivity contribution in [2.24, 2.45) is 0 Å². The predicted molar refractivity (Wildman–Crippen MR) is 79.7 cm³/mol. The SMILES string of the molecule is CCNC(CCOc1cccc(C)c1)c1cncnc1. The number of aryl methyl sites for hydroxylation is 1. The quantitative estimate of drug-likeness (QED) is 0.841. The largest absolute Gasteiger partial charge is 0.494 e. The van der Waals surface area contributed by atoms with E-state index >= 15 is 0 Å². The van der Waals surface area contributed by atoms with Gasteiger partial charge in [0.2, 0.25) is 0 Å². The summed E-state index contributed by atoms with van der Waals surface area (Å²) in [5.74, 6) is 0.921. The molecule has 0 saturated heterocycles. The summed E-state index contributed by atoms with van der Waals surface area (Å²) in [6.45, 7) is 5.73. The van der Waals surface area contributed by atoms with E-state index < -0.39 is 0 Å². The summed E-state index contributed by atoms with van der Waals surface area (Å²) in [6, 6.07) is 8.34. The van der Waals surface area contributed by atoms with Gasteiger partial charge in [-0.1, -0.05) is 19.1 Å². The Morgan fingerprint density at radius 3 is 2.75 bits per heavy atom. The van der Waals surface area contributed by atoms with Gasteiger partial charge < -0.3 is 10.1 Å². The molecule has 0 spiro atoms. The highest BCUT2D eigenvalue weighted by atomic mass is 16.5. The Hall–Kier alpha value is -1.94. The van der Waals surface area contributed by atoms with Crippen molar-refractivity contribution in [1.82, 2.24) is 15.3 Å². The van der Waals surface area contributed by atoms with Crippen molar-refractivity contribution in [2.75, 3.05) is 13.2 Å². The summed E-state index contributed by atoms with van der Waals surface area (Å²) in [7, 11) is 0. The highest BCUT2D eigenvalue weighted by molar-refractivity contribution is 5.27. The maximum Gasteiger partial charge on any atom is 0.119 e. The minimum absolute atomic E-state index is 0.228. The van der Waals surface area contributed by atoms with Crippen LogP contribution in [0.2, 0.25) is 0 Å². The van der Waals surface area contributed by atoms with E-state index in [-0.39, 0.29) is 6.04 Å². The molecule has 1 atom stereocenters. The molecule has 20 heavy (non-hydrogen) atoms. The van der Waals surface area contributed by atoms with Gasteiger partial charge in [-0.2, -0.15) is 0 Å². The van der Waals surface area contributed by atoms with Gasteiger partial charge in [-0.25, -0.2) is 9.97 Å². The first-order valence-electron chi connectivity index (χ1n) is 6.97. The lowest BCUT2D eigenvalue weighted by molar-refractivity contribution is 0.287. The molecule has 0 aliphatic carbocycles. The molecule has 1 aromatic carbocycles. The number of nitrogens with one attached hydrogen (secondary N) is 1. The molecule has 2 rings (SSSR count). The van der Waals surface area contributed by atoms with Gasteiger partial charge in [0.1, 0.15) is 12.1 Å². The summed E-state index contributed by atoms with van der Waals surface area (Å²) in [4.78, 5) is 8.15. The summed E-state index contributed by atoms with van der Waals surface area (Å²) in [5.41, 5.74) is 2.31. The molecule has 0 bridgehead atoms. The highest BCUT2D eigenvalue weighted by Crippen LogP contribution is 2.17. The van der Waals surface area contributed by atoms with Crippen LogP contribution in [0, 0.1) is 6.92 Å². The first-order valence-corrected chi connectivity index (χ1v) is 6.97. The molecule has 4 heteroatoms. The third-order valence-corrected chi connectivity index (χ3v) is 3.10. The molecule has 0 saturated carbocycles. The number of ether oxygens (including phenoxy) is 1. The first-order chi connectivity index (χ1) is 9.79. The monoisotopic (exact) mass is 271 g/mol. The molecule has 4 nitrogen and oxygen atoms in total. The molecule has 1 unspecified atom stereocenters. The maximum absolute atomic E-state index is 5.80. The van der Waals surface area contributed by atoms with Gasteiger partial charge in [0.05, 0.1) is 6.61 Å². The van der Waals surface area contributed by atoms with Gasteiger partial charge >= 0.3 is 0 Å². The lowest BCUT2D eigenvalue weighted by Crippen LogP contribution is -2.23. The minimum atomic E-state index is 0.228. The van der Waals surface area contributed by atoms with Crippen LogP contribution in [0.3, 0.4) is 0 Å². The Labute approximate surface area is 120 Å². The van der Waals surface area contributed by atoms with Crippen LogP contribution in [0.1, 0.15) is 30.5 Å². The Kier molecular flexibility index (Phi) is 5.50. The van der Waals surface area contributed by atoms with Gasteiger partial charge in [-0.3, -0.25) is 0 Å². The summed E-state index contributed by atoms with van der Waals surface area (Å²) in [5, 5.41) is 3.44. The lowest BCUT2D eigenvalue weighted by atomic mass is 10.1. The highest BCUT2D eigenvalue weighted by Gasteiger charge is 2.10. The van der Waals surface area contributed by atoms with Crippen molar-refractivity contribution in [3.05, 3.63) is 54.1 Å². The van der Waals surface area contributed by atoms with E-state index in [9.17, 15) is 0 Å². The van der Waals surface area contributed by atoms with E-state index in [0.717, 1.165) is 24.3 Å². The van der Waals surface area contributed by atoms with Crippen molar-refractivity contribution in [3.63, 3.8) is 0 Å². The van der Waals surface area contributed by atoms with Crippen molar-refractivity contribution in [3.8, 4) is 5.75 Å². The number of rotatable bonds is 7. The van der Waals surface area contributed by atoms with E-state index in [4.69, 9.17) is 4.74 Å². The van der Waals surface area contributed by atoms with Gasteiger partial charge in [0.25, 0.3) is 0 Å². The van der Waals surface area contributed by atoms with Crippen LogP contribution in [0.25, 0.3) is 0 Å². The number of nitrogens with zero attached hydrogens (tertiary/aromatic N) is 2. The average Bonchev–Trinajstić information content (AvgIpc) is 2.47. The van der Waals surface area contributed by atoms with Gasteiger partial charge in [0, 0.05) is 30.4 Å². The number of aromatic nitrogens is 2. The van der Waals surface area contributed by atoms with Crippen LogP contribution in [0.4, 0.5) is 0 Å². The number of hydrogen-bond acceptors (Lipinski definition) is 4. The fourth-order valence-corrected chi connectivity index (χ4v) is 2.12. The molecule has 0 aliphatic heterocycles. The van der Waals surface area contributed by atoms with Crippen molar-refractivity contribution < 1.29 is 4.74 Å². The predicted octanol–water partition coefficient (Wildman–Crippen LogP) is 2.90. The fraction of sp³-hybridized carbons (Fsp3) is 0.375. The van der Waals surface area contributed by atoms with Crippen molar-refractivity contribution in [2.45, 2.75) is 26.3 Å². The third-order valence-electron chi connectivity index (χ3n) is 3.10. The van der Waals surface area contributed by atoms with E-state index in [0.29, 0.717) is 6.61 Å². The maximum atomic E-state index is 5.80. The zero-order chi connectivity index (χ0) is 14.2. The molecule has 2 aromatic rings. The first kappa shape index (κ1) is 14.5. The Morgan fingerprint density at radius 1 is 1.25 bits per heavy atom. The minimum Gasteiger partial charge on any atom is -0.494 e. The Balaban J connectivity index is 1.90. The molecule has 1 heterocycles. The van der Waals surface area contributed by atoms with E-state index in [1.54, 1.807) is 6.33 Å². The van der Waals surface area contributed by atoms with E-state index in [2.05, 4.69) is 35.2 Å². The molecule has 0 aliphatic rings. The number of hydrogen-bond donors (Lipinski definition) is 1. The Morgan fingerprint density at radius 2 is 2.05 bits per heavy atom. The van der Waals surface area contributed by atoms with Crippen LogP contribution in [0.5, 0.6) is 5.75 Å². The third kappa shape index (κ3) is 4.31. The van der Waals surface area contributed by atoms with Crippen LogP contribution in [0.15, 0.2) is 43.0 Å². The molecule has 0 radical (unpaired) electrons. The second kappa shape index (κ2) is 7.60. The smallest absolute Gasteiger partial charge is 0.119 e. The van der Waals surface area contributed by atoms with Gasteiger partial charge in [0.15, 0.2) is 0 Å². The molecule has 1 aromatic heterocycles. The lowest BCUT2D eigenvalue weighted by Gasteiger charge is -2.17. The zero-order valence-electron chi connectivity index (χ0n) is 12.0. The zero-order valence-corrected chi connectivity index (χ0v) is 12.0. The van der Waals surface area contributed by atoms with Crippen molar-refractivity contribution >= 4 is 0 Å². The molecule has 106 valence electrons. The van der Waals surface area contributed by atoms with Crippen LogP contribution >= 0.6 is 0 Å². The Bertz CT molecular complexity index is 516. The van der Waals surface area contributed by atoms with Crippen LogP contribution in [-0.4, -0.2) is 23.1 Å². The molecule has 0 amide bonds. The van der Waals surface area contributed by atoms with E-state index in [1.807, 2.05) is 30.6 Å². The number of benzene rings is 1. The standard InChI is InChI=1S/C16H21N3O/c1-3-19-16(14-10-17-12-18-11-14)7-8-20-15-6-4-5-13(2)9-15/h4-6,9-12,16,19H,3,7-8H2,1-2H3. The molecule has 0 fully saturated rings. The normalized spacial score (nSPS) is 12.1. The fourth-order valence-electron chi connectivity index (χ4n) is 2.12. The topological polar surface area (TPSA) is 47.0 Å². The van der Waals surface area contributed by atoms with Crippen LogP contribution < -0.4 is 10.1 Å². The summed E-state index contributed by atoms with van der Waals surface area (Å²) < 4.78 is 5.80. The molecular weight excluding hydrogens is 250 g/mol. The molecular formula is C16H21N3O. The van der Waals surface area contributed by atoms with E-state index in [1.165, 1.54) is 5.56 Å². The second-order valence-electron chi connectivity index (χ2n) is 4.74. The summed E-state index contributed by atoms with van der Waals surface area (Å²) >= 11 is 0.